The molecule has 0 unspecified atom stereocenters. The molecule has 0 aliphatic heterocycles. The number of ether oxygens (including phenoxy) is 2. The highest BCUT2D eigenvalue weighted by Crippen LogP contribution is 2.23. The Morgan fingerprint density at radius 1 is 1.04 bits per heavy atom. The fourth-order valence-corrected chi connectivity index (χ4v) is 2.74. The molecule has 0 spiro atoms. The molecule has 28 heavy (non-hydrogen) atoms. The van der Waals surface area contributed by atoms with E-state index in [1.165, 1.54) is 28.8 Å². The van der Waals surface area contributed by atoms with Crippen LogP contribution in [0.4, 0.5) is 10.1 Å². The molecular formula is C21H19FN2O4. The van der Waals surface area contributed by atoms with Crippen molar-refractivity contribution in [2.45, 2.75) is 6.54 Å². The number of anilines is 1. The minimum atomic E-state index is -0.673. The quantitative estimate of drug-likeness (QED) is 0.710. The molecule has 0 saturated carbocycles. The normalized spacial score (nSPS) is 10.4. The Balaban J connectivity index is 1.88. The predicted molar refractivity (Wildman–Crippen MR) is 104 cm³/mol. The molecule has 0 saturated heterocycles. The van der Waals surface area contributed by atoms with Crippen LogP contribution in [0, 0.1) is 5.82 Å². The van der Waals surface area contributed by atoms with E-state index in [4.69, 9.17) is 9.47 Å². The van der Waals surface area contributed by atoms with Crippen molar-refractivity contribution < 1.29 is 18.7 Å². The topological polar surface area (TPSA) is 69.6 Å². The van der Waals surface area contributed by atoms with Crippen LogP contribution in [-0.2, 0) is 6.54 Å². The average Bonchev–Trinajstić information content (AvgIpc) is 2.70. The molecular weight excluding hydrogens is 363 g/mol. The molecule has 0 atom stereocenters. The number of benzene rings is 2. The van der Waals surface area contributed by atoms with Gasteiger partial charge >= 0.3 is 0 Å². The first-order valence-electron chi connectivity index (χ1n) is 8.49. The van der Waals surface area contributed by atoms with E-state index in [0.29, 0.717) is 11.5 Å². The molecule has 0 aliphatic rings. The molecule has 0 aliphatic carbocycles. The summed E-state index contributed by atoms with van der Waals surface area (Å²) in [4.78, 5) is 25.2. The van der Waals surface area contributed by atoms with E-state index >= 15 is 0 Å². The Labute approximate surface area is 161 Å². The van der Waals surface area contributed by atoms with Crippen LogP contribution in [0.3, 0.4) is 0 Å². The van der Waals surface area contributed by atoms with Gasteiger partial charge in [0.05, 0.1) is 26.5 Å². The van der Waals surface area contributed by atoms with Crippen molar-refractivity contribution in [3.63, 3.8) is 0 Å². The van der Waals surface area contributed by atoms with Crippen LogP contribution in [-0.4, -0.2) is 24.7 Å². The van der Waals surface area contributed by atoms with Gasteiger partial charge in [-0.1, -0.05) is 12.1 Å². The maximum Gasteiger partial charge on any atom is 0.263 e. The van der Waals surface area contributed by atoms with E-state index in [9.17, 15) is 14.0 Å². The zero-order chi connectivity index (χ0) is 20.1. The van der Waals surface area contributed by atoms with Crippen molar-refractivity contribution in [3.8, 4) is 11.5 Å². The smallest absolute Gasteiger partial charge is 0.263 e. The third kappa shape index (κ3) is 4.20. The van der Waals surface area contributed by atoms with Gasteiger partial charge in [-0.3, -0.25) is 9.59 Å². The SMILES string of the molecule is COc1cc(Cn2cccc(C(=O)Nc3ccccc3F)c2=O)cc(OC)c1. The largest absolute Gasteiger partial charge is 0.497 e. The molecule has 0 fully saturated rings. The molecule has 1 aromatic heterocycles. The summed E-state index contributed by atoms with van der Waals surface area (Å²) in [7, 11) is 3.08. The van der Waals surface area contributed by atoms with Gasteiger partial charge in [-0.25, -0.2) is 4.39 Å². The standard InChI is InChI=1S/C21H19FN2O4/c1-27-15-10-14(11-16(12-15)28-2)13-24-9-5-6-17(21(24)26)20(25)23-19-8-4-3-7-18(19)22/h3-12H,13H2,1-2H3,(H,23,25). The summed E-state index contributed by atoms with van der Waals surface area (Å²) in [5.41, 5.74) is 0.212. The first-order chi connectivity index (χ1) is 13.5. The van der Waals surface area contributed by atoms with Crippen molar-refractivity contribution in [2.24, 2.45) is 0 Å². The summed E-state index contributed by atoms with van der Waals surface area (Å²) in [5.74, 6) is -0.0602. The van der Waals surface area contributed by atoms with Crippen molar-refractivity contribution in [1.82, 2.24) is 4.57 Å². The number of amides is 1. The molecule has 2 aromatic carbocycles. The highest BCUT2D eigenvalue weighted by atomic mass is 19.1. The second-order valence-electron chi connectivity index (χ2n) is 6.01. The lowest BCUT2D eigenvalue weighted by Gasteiger charge is -2.11. The number of halogens is 1. The molecule has 1 N–H and O–H groups in total. The summed E-state index contributed by atoms with van der Waals surface area (Å²) >= 11 is 0. The van der Waals surface area contributed by atoms with E-state index in [1.807, 2.05) is 0 Å². The van der Waals surface area contributed by atoms with Gasteiger partial charge in [-0.2, -0.15) is 0 Å². The Kier molecular flexibility index (Phi) is 5.74. The Bertz CT molecular complexity index is 1040. The van der Waals surface area contributed by atoms with Crippen molar-refractivity contribution in [1.29, 1.82) is 0 Å². The number of aromatic nitrogens is 1. The molecule has 1 amide bonds. The fraction of sp³-hybridized carbons (Fsp3) is 0.143. The van der Waals surface area contributed by atoms with E-state index in [0.717, 1.165) is 5.56 Å². The number of hydrogen-bond donors (Lipinski definition) is 1. The highest BCUT2D eigenvalue weighted by Gasteiger charge is 2.14. The zero-order valence-corrected chi connectivity index (χ0v) is 15.4. The highest BCUT2D eigenvalue weighted by molar-refractivity contribution is 6.04. The number of methoxy groups -OCH3 is 2. The minimum absolute atomic E-state index is 0.0137. The van der Waals surface area contributed by atoms with Crippen LogP contribution in [0.25, 0.3) is 0 Å². The molecule has 3 rings (SSSR count). The van der Waals surface area contributed by atoms with Gasteiger partial charge in [0.25, 0.3) is 11.5 Å². The monoisotopic (exact) mass is 382 g/mol. The molecule has 6 nitrogen and oxygen atoms in total. The van der Waals surface area contributed by atoms with Gasteiger partial charge in [0.15, 0.2) is 0 Å². The van der Waals surface area contributed by atoms with Gasteiger partial charge < -0.3 is 19.4 Å². The third-order valence-corrected chi connectivity index (χ3v) is 4.15. The molecule has 3 aromatic rings. The maximum atomic E-state index is 13.8. The molecule has 0 bridgehead atoms. The summed E-state index contributed by atoms with van der Waals surface area (Å²) in [5, 5.41) is 2.43. The van der Waals surface area contributed by atoms with E-state index in [1.54, 1.807) is 50.7 Å². The first-order valence-corrected chi connectivity index (χ1v) is 8.49. The number of rotatable bonds is 6. The fourth-order valence-electron chi connectivity index (χ4n) is 2.74. The lowest BCUT2D eigenvalue weighted by Crippen LogP contribution is -2.29. The van der Waals surface area contributed by atoms with E-state index in [2.05, 4.69) is 5.32 Å². The van der Waals surface area contributed by atoms with Crippen molar-refractivity contribution in [3.05, 3.63) is 88.1 Å². The molecule has 144 valence electrons. The molecule has 7 heteroatoms. The average molecular weight is 382 g/mol. The Hall–Kier alpha value is -3.61. The van der Waals surface area contributed by atoms with Crippen LogP contribution in [0.1, 0.15) is 15.9 Å². The number of hydrogen-bond acceptors (Lipinski definition) is 4. The second kappa shape index (κ2) is 8.39. The zero-order valence-electron chi connectivity index (χ0n) is 15.4. The summed E-state index contributed by atoms with van der Waals surface area (Å²) in [6, 6.07) is 14.1. The Morgan fingerprint density at radius 2 is 1.71 bits per heavy atom. The van der Waals surface area contributed by atoms with Gasteiger partial charge in [0.2, 0.25) is 0 Å². The Morgan fingerprint density at radius 3 is 2.36 bits per heavy atom. The minimum Gasteiger partial charge on any atom is -0.497 e. The van der Waals surface area contributed by atoms with E-state index < -0.39 is 17.3 Å². The van der Waals surface area contributed by atoms with Crippen LogP contribution < -0.4 is 20.3 Å². The third-order valence-electron chi connectivity index (χ3n) is 4.15. The number of carbonyl (C=O) groups excluding carboxylic acids is 1. The summed E-state index contributed by atoms with van der Waals surface area (Å²) < 4.78 is 25.6. The van der Waals surface area contributed by atoms with Crippen LogP contribution >= 0.6 is 0 Å². The maximum absolute atomic E-state index is 13.8. The summed E-state index contributed by atoms with van der Waals surface area (Å²) in [6.07, 6.45) is 1.58. The van der Waals surface area contributed by atoms with Gasteiger partial charge in [0, 0.05) is 12.3 Å². The van der Waals surface area contributed by atoms with Gasteiger partial charge in [-0.15, -0.1) is 0 Å². The number of nitrogens with zero attached hydrogens (tertiary/aromatic N) is 1. The van der Waals surface area contributed by atoms with Crippen LogP contribution in [0.5, 0.6) is 11.5 Å². The number of carbonyl (C=O) groups is 1. The van der Waals surface area contributed by atoms with Crippen molar-refractivity contribution >= 4 is 11.6 Å². The number of pyridine rings is 1. The van der Waals surface area contributed by atoms with Crippen LogP contribution in [0.15, 0.2) is 65.6 Å². The molecule has 0 radical (unpaired) electrons. The van der Waals surface area contributed by atoms with Gasteiger partial charge in [0.1, 0.15) is 22.9 Å². The van der Waals surface area contributed by atoms with E-state index in [-0.39, 0.29) is 17.8 Å². The summed E-state index contributed by atoms with van der Waals surface area (Å²) in [6.45, 7) is 0.215. The molecule has 1 heterocycles. The second-order valence-corrected chi connectivity index (χ2v) is 6.01. The first kappa shape index (κ1) is 19.2. The predicted octanol–water partition coefficient (Wildman–Crippen LogP) is 3.31. The van der Waals surface area contributed by atoms with Crippen molar-refractivity contribution in [2.75, 3.05) is 19.5 Å². The number of para-hydroxylation sites is 1. The number of nitrogens with one attached hydrogen (secondary N) is 1. The lowest BCUT2D eigenvalue weighted by molar-refractivity contribution is 0.102. The lowest BCUT2D eigenvalue weighted by atomic mass is 10.2. The van der Waals surface area contributed by atoms with Gasteiger partial charge in [-0.05, 0) is 42.0 Å². The van der Waals surface area contributed by atoms with Crippen LogP contribution in [0.2, 0.25) is 0 Å².